The Labute approximate surface area is 226 Å². The largest absolute Gasteiger partial charge is 1.00 e. The normalized spacial score (nSPS) is 10.0. The van der Waals surface area contributed by atoms with Crippen LogP contribution in [0.25, 0.3) is 0 Å². The van der Waals surface area contributed by atoms with Crippen molar-refractivity contribution in [2.75, 3.05) is 11.9 Å². The molecule has 1 N–H and O–H groups in total. The van der Waals surface area contributed by atoms with Crippen LogP contribution in [0.3, 0.4) is 0 Å². The van der Waals surface area contributed by atoms with Gasteiger partial charge in [-0.3, -0.25) is 0 Å². The van der Waals surface area contributed by atoms with E-state index >= 15 is 0 Å². The number of hydrogen-bond donors (Lipinski definition) is 1. The van der Waals surface area contributed by atoms with Crippen molar-refractivity contribution in [1.29, 1.82) is 0 Å². The minimum absolute atomic E-state index is 0. The van der Waals surface area contributed by atoms with Crippen molar-refractivity contribution in [2.24, 2.45) is 0 Å². The third-order valence-corrected chi connectivity index (χ3v) is 5.01. The number of carboxylic acid groups (broad SMARTS) is 2. The van der Waals surface area contributed by atoms with Crippen LogP contribution in [-0.4, -0.2) is 18.5 Å². The third-order valence-electron chi connectivity index (χ3n) is 5.01. The predicted octanol–water partition coefficient (Wildman–Crippen LogP) is -2.32. The number of aromatic carboxylic acids is 1. The Bertz CT molecular complexity index is 553. The molecule has 0 saturated carbocycles. The average Bonchev–Trinajstić information content (AvgIpc) is 2.67. The molecule has 0 heterocycles. The molecule has 0 unspecified atom stereocenters. The van der Waals surface area contributed by atoms with E-state index in [9.17, 15) is 19.8 Å². The molecule has 0 aliphatic carbocycles. The number of rotatable bonds is 18. The molecule has 5 nitrogen and oxygen atoms in total. The van der Waals surface area contributed by atoms with E-state index < -0.39 is 11.9 Å². The molecule has 0 fully saturated rings. The summed E-state index contributed by atoms with van der Waals surface area (Å²) in [7, 11) is 0. The SMILES string of the molecule is O=C([O-])CCCCCCCCCCCCCCCNc1ccc(C(=O)[O-])cc1.[Na+].[Na+]. The minimum Gasteiger partial charge on any atom is -0.550 e. The van der Waals surface area contributed by atoms with Crippen LogP contribution in [0.5, 0.6) is 0 Å². The maximum atomic E-state index is 10.7. The first-order valence-corrected chi connectivity index (χ1v) is 10.8. The number of unbranched alkanes of at least 4 members (excludes halogenated alkanes) is 12. The van der Waals surface area contributed by atoms with Gasteiger partial charge in [-0.1, -0.05) is 82.8 Å². The Hall–Kier alpha value is -0.0400. The van der Waals surface area contributed by atoms with Crippen molar-refractivity contribution in [3.05, 3.63) is 29.8 Å². The van der Waals surface area contributed by atoms with Crippen LogP contribution >= 0.6 is 0 Å². The van der Waals surface area contributed by atoms with Gasteiger partial charge >= 0.3 is 59.1 Å². The van der Waals surface area contributed by atoms with Gasteiger partial charge in [0.25, 0.3) is 0 Å². The smallest absolute Gasteiger partial charge is 0.550 e. The summed E-state index contributed by atoms with van der Waals surface area (Å²) in [6, 6.07) is 6.68. The number of anilines is 1. The molecule has 1 aromatic rings. The second-order valence-corrected chi connectivity index (χ2v) is 7.51. The van der Waals surface area contributed by atoms with E-state index in [-0.39, 0.29) is 71.1 Å². The van der Waals surface area contributed by atoms with Gasteiger partial charge in [-0.25, -0.2) is 0 Å². The van der Waals surface area contributed by atoms with E-state index in [4.69, 9.17) is 0 Å². The van der Waals surface area contributed by atoms with Gasteiger partial charge in [-0.15, -0.1) is 0 Å². The molecule has 0 amide bonds. The molecule has 0 bridgehead atoms. The van der Waals surface area contributed by atoms with Gasteiger partial charge in [0.2, 0.25) is 0 Å². The summed E-state index contributed by atoms with van der Waals surface area (Å²) in [6.07, 6.45) is 15.7. The first-order valence-electron chi connectivity index (χ1n) is 10.8. The molecule has 1 rings (SSSR count). The number of aliphatic carboxylic acids is 1. The zero-order valence-corrected chi connectivity index (χ0v) is 23.0. The summed E-state index contributed by atoms with van der Waals surface area (Å²) in [5.74, 6) is -2.07. The third kappa shape index (κ3) is 18.7. The van der Waals surface area contributed by atoms with E-state index in [1.54, 1.807) is 24.3 Å². The fourth-order valence-electron chi connectivity index (χ4n) is 3.30. The molecule has 1 aromatic carbocycles. The summed E-state index contributed by atoms with van der Waals surface area (Å²) in [5, 5.41) is 24.3. The number of hydrogen-bond acceptors (Lipinski definition) is 5. The van der Waals surface area contributed by atoms with Gasteiger partial charge in [0.05, 0.1) is 5.97 Å². The van der Waals surface area contributed by atoms with Gasteiger partial charge < -0.3 is 25.1 Å². The first kappa shape index (κ1) is 32.1. The average molecular weight is 436 g/mol. The van der Waals surface area contributed by atoms with Crippen LogP contribution in [-0.2, 0) is 4.79 Å². The first-order chi connectivity index (χ1) is 13.6. The summed E-state index contributed by atoms with van der Waals surface area (Å²) in [4.78, 5) is 21.0. The van der Waals surface area contributed by atoms with Crippen LogP contribution in [0.2, 0.25) is 0 Å². The fourth-order valence-corrected chi connectivity index (χ4v) is 3.30. The molecule has 7 heteroatoms. The van der Waals surface area contributed by atoms with Crippen LogP contribution in [0.1, 0.15) is 100 Å². The number of carboxylic acids is 2. The molecule has 30 heavy (non-hydrogen) atoms. The topological polar surface area (TPSA) is 92.3 Å². The zero-order valence-electron chi connectivity index (χ0n) is 19.0. The Morgan fingerprint density at radius 2 is 1.03 bits per heavy atom. The predicted molar refractivity (Wildman–Crippen MR) is 109 cm³/mol. The van der Waals surface area contributed by atoms with Crippen LogP contribution in [0.4, 0.5) is 5.69 Å². The van der Waals surface area contributed by atoms with Crippen molar-refractivity contribution in [1.82, 2.24) is 0 Å². The van der Waals surface area contributed by atoms with Gasteiger partial charge in [0.15, 0.2) is 0 Å². The summed E-state index contributed by atoms with van der Waals surface area (Å²) in [5.41, 5.74) is 1.16. The van der Waals surface area contributed by atoms with E-state index in [0.29, 0.717) is 0 Å². The monoisotopic (exact) mass is 435 g/mol. The Kier molecular flexibility index (Phi) is 23.7. The molecule has 158 valence electrons. The van der Waals surface area contributed by atoms with Gasteiger partial charge in [-0.05, 0) is 37.0 Å². The summed E-state index contributed by atoms with van der Waals surface area (Å²) >= 11 is 0. The minimum atomic E-state index is -1.14. The van der Waals surface area contributed by atoms with E-state index in [1.165, 1.54) is 57.8 Å². The molecule has 0 atom stereocenters. The van der Waals surface area contributed by atoms with Crippen LogP contribution < -0.4 is 74.6 Å². The van der Waals surface area contributed by atoms with Crippen LogP contribution in [0.15, 0.2) is 24.3 Å². The second-order valence-electron chi connectivity index (χ2n) is 7.51. The van der Waals surface area contributed by atoms with E-state index in [2.05, 4.69) is 5.32 Å². The summed E-state index contributed by atoms with van der Waals surface area (Å²) < 4.78 is 0. The number of nitrogens with one attached hydrogen (secondary N) is 1. The molecular weight excluding hydrogens is 400 g/mol. The van der Waals surface area contributed by atoms with E-state index in [1.807, 2.05) is 0 Å². The molecule has 0 spiro atoms. The summed E-state index contributed by atoms with van der Waals surface area (Å²) in [6.45, 7) is 0.910. The quantitative estimate of drug-likeness (QED) is 0.207. The van der Waals surface area contributed by atoms with Crippen molar-refractivity contribution >= 4 is 17.6 Å². The standard InChI is InChI=1S/C23H37NO4.2Na/c25-22(26)14-12-10-8-6-4-2-1-3-5-7-9-11-13-19-24-21-17-15-20(16-18-21)23(27)28;;/h15-18,24H,1-14,19H2,(H,25,26)(H,27,28);;/q;2*+1/p-2. The maximum absolute atomic E-state index is 10.7. The molecule has 0 radical (unpaired) electrons. The molecule has 0 aromatic heterocycles. The molecular formula is C23H35NNa2O4. The Morgan fingerprint density at radius 3 is 1.43 bits per heavy atom. The number of carbonyl (C=O) groups excluding carboxylic acids is 2. The molecule has 0 aliphatic rings. The van der Waals surface area contributed by atoms with Crippen molar-refractivity contribution in [2.45, 2.75) is 89.9 Å². The molecule has 0 aliphatic heterocycles. The molecule has 0 saturated heterocycles. The van der Waals surface area contributed by atoms with Gasteiger partial charge in [0.1, 0.15) is 0 Å². The zero-order chi connectivity index (χ0) is 20.5. The number of benzene rings is 1. The van der Waals surface area contributed by atoms with Crippen molar-refractivity contribution in [3.63, 3.8) is 0 Å². The van der Waals surface area contributed by atoms with Crippen molar-refractivity contribution < 1.29 is 78.9 Å². The Balaban J connectivity index is 0. The van der Waals surface area contributed by atoms with Gasteiger partial charge in [0, 0.05) is 18.2 Å². The van der Waals surface area contributed by atoms with E-state index in [0.717, 1.165) is 37.9 Å². The maximum Gasteiger partial charge on any atom is 1.00 e. The van der Waals surface area contributed by atoms with Gasteiger partial charge in [-0.2, -0.15) is 0 Å². The number of carbonyl (C=O) groups is 2. The Morgan fingerprint density at radius 1 is 0.633 bits per heavy atom. The second kappa shape index (κ2) is 22.2. The fraction of sp³-hybridized carbons (Fsp3) is 0.652. The van der Waals surface area contributed by atoms with Crippen LogP contribution in [0, 0.1) is 0 Å². The van der Waals surface area contributed by atoms with Crippen molar-refractivity contribution in [3.8, 4) is 0 Å².